The number of amides is 2. The zero-order chi connectivity index (χ0) is 20.3. The average Bonchev–Trinajstić information content (AvgIpc) is 2.97. The Hall–Kier alpha value is -3.88. The number of carbonyl (C=O) groups is 2. The summed E-state index contributed by atoms with van der Waals surface area (Å²) >= 11 is 0. The van der Waals surface area contributed by atoms with Crippen LogP contribution in [0, 0.1) is 10.1 Å². The molecule has 2 aromatic carbocycles. The molecule has 0 atom stereocenters. The van der Waals surface area contributed by atoms with Crippen LogP contribution < -0.4 is 19.9 Å². The van der Waals surface area contributed by atoms with Gasteiger partial charge in [-0.05, 0) is 36.8 Å². The van der Waals surface area contributed by atoms with Crippen LogP contribution in [-0.2, 0) is 9.59 Å². The molecule has 1 heterocycles. The van der Waals surface area contributed by atoms with Gasteiger partial charge in [-0.1, -0.05) is 18.2 Å². The van der Waals surface area contributed by atoms with Crippen molar-refractivity contribution >= 4 is 29.3 Å². The van der Waals surface area contributed by atoms with E-state index in [1.54, 1.807) is 37.3 Å². The normalized spacial score (nSPS) is 14.9. The fourth-order valence-electron chi connectivity index (χ4n) is 2.78. The highest BCUT2D eigenvalue weighted by molar-refractivity contribution is 6.31. The zero-order valence-corrected chi connectivity index (χ0v) is 15.2. The summed E-state index contributed by atoms with van der Waals surface area (Å²) in [4.78, 5) is 35.7. The Morgan fingerprint density at radius 1 is 1.21 bits per heavy atom. The molecule has 0 aliphatic carbocycles. The first-order valence-electron chi connectivity index (χ1n) is 8.37. The minimum absolute atomic E-state index is 0.0258. The minimum Gasteiger partial charge on any atom is -0.490 e. The summed E-state index contributed by atoms with van der Waals surface area (Å²) in [7, 11) is 1.30. The van der Waals surface area contributed by atoms with E-state index in [-0.39, 0.29) is 34.9 Å². The molecule has 9 heteroatoms. The molecular weight excluding hydrogens is 366 g/mol. The summed E-state index contributed by atoms with van der Waals surface area (Å²) in [5, 5.41) is 12.5. The molecule has 0 aromatic heterocycles. The lowest BCUT2D eigenvalue weighted by molar-refractivity contribution is -0.385. The summed E-state index contributed by atoms with van der Waals surface area (Å²) in [5.74, 6) is -1.04. The molecule has 1 saturated heterocycles. The van der Waals surface area contributed by atoms with E-state index in [0.717, 1.165) is 5.01 Å². The van der Waals surface area contributed by atoms with Crippen LogP contribution in [0.5, 0.6) is 11.5 Å². The fraction of sp³-hybridized carbons (Fsp3) is 0.158. The molecule has 1 fully saturated rings. The monoisotopic (exact) mass is 383 g/mol. The molecule has 0 unspecified atom stereocenters. The number of methoxy groups -OCH3 is 1. The van der Waals surface area contributed by atoms with Crippen LogP contribution in [-0.4, -0.2) is 30.5 Å². The molecular formula is C19H17N3O6. The van der Waals surface area contributed by atoms with Gasteiger partial charge in [0.05, 0.1) is 24.3 Å². The average molecular weight is 383 g/mol. The first-order chi connectivity index (χ1) is 13.5. The number of nitro benzene ring substituents is 1. The lowest BCUT2D eigenvalue weighted by Crippen LogP contribution is -2.35. The number of carbonyl (C=O) groups excluding carboxylic acids is 2. The van der Waals surface area contributed by atoms with Gasteiger partial charge in [0, 0.05) is 6.07 Å². The summed E-state index contributed by atoms with van der Waals surface area (Å²) in [5.41, 5.74) is 2.77. The van der Waals surface area contributed by atoms with Gasteiger partial charge in [-0.15, -0.1) is 0 Å². The third-order valence-electron chi connectivity index (χ3n) is 3.98. The number of hydrogen-bond acceptors (Lipinski definition) is 6. The number of para-hydroxylation sites is 1. The maximum Gasteiger partial charge on any atom is 0.315 e. The van der Waals surface area contributed by atoms with E-state index in [9.17, 15) is 19.7 Å². The van der Waals surface area contributed by atoms with Crippen LogP contribution in [0.4, 0.5) is 11.4 Å². The van der Waals surface area contributed by atoms with E-state index in [4.69, 9.17) is 9.47 Å². The fourth-order valence-corrected chi connectivity index (χ4v) is 2.78. The predicted octanol–water partition coefficient (Wildman–Crippen LogP) is 2.46. The van der Waals surface area contributed by atoms with Crippen molar-refractivity contribution in [3.63, 3.8) is 0 Å². The third-order valence-corrected chi connectivity index (χ3v) is 3.98. The summed E-state index contributed by atoms with van der Waals surface area (Å²) in [6.07, 6.45) is 1.29. The summed E-state index contributed by atoms with van der Waals surface area (Å²) in [6, 6.07) is 11.3. The standard InChI is InChI=1S/C19H17N3O6/c1-3-28-16-11-12(10-15(22(25)26)17(16)27-2)9-14-18(23)20-21(19(14)24)13-7-5-4-6-8-13/h4-11H,3H2,1-2H3,(H,20,23). The molecule has 1 N–H and O–H groups in total. The van der Waals surface area contributed by atoms with Crippen LogP contribution >= 0.6 is 0 Å². The van der Waals surface area contributed by atoms with E-state index >= 15 is 0 Å². The number of anilines is 1. The number of nitro groups is 1. The Balaban J connectivity index is 2.04. The molecule has 0 bridgehead atoms. The van der Waals surface area contributed by atoms with Gasteiger partial charge in [-0.25, -0.2) is 5.01 Å². The highest BCUT2D eigenvalue weighted by atomic mass is 16.6. The molecule has 0 spiro atoms. The van der Waals surface area contributed by atoms with Crippen LogP contribution in [0.2, 0.25) is 0 Å². The topological polar surface area (TPSA) is 111 Å². The van der Waals surface area contributed by atoms with Crippen molar-refractivity contribution in [2.45, 2.75) is 6.92 Å². The second-order valence-electron chi connectivity index (χ2n) is 5.74. The van der Waals surface area contributed by atoms with Crippen molar-refractivity contribution in [1.82, 2.24) is 5.43 Å². The Morgan fingerprint density at radius 2 is 1.93 bits per heavy atom. The van der Waals surface area contributed by atoms with E-state index in [0.29, 0.717) is 5.69 Å². The van der Waals surface area contributed by atoms with Crippen LogP contribution in [0.1, 0.15) is 12.5 Å². The van der Waals surface area contributed by atoms with Crippen molar-refractivity contribution in [3.8, 4) is 11.5 Å². The Bertz CT molecular complexity index is 971. The lowest BCUT2D eigenvalue weighted by atomic mass is 10.1. The SMILES string of the molecule is CCOc1cc(C=C2C(=O)NN(c3ccccc3)C2=O)cc([N+](=O)[O-])c1OC. The third kappa shape index (κ3) is 3.50. The van der Waals surface area contributed by atoms with E-state index in [2.05, 4.69) is 5.43 Å². The largest absolute Gasteiger partial charge is 0.490 e. The van der Waals surface area contributed by atoms with Gasteiger partial charge in [-0.3, -0.25) is 25.1 Å². The van der Waals surface area contributed by atoms with Gasteiger partial charge in [0.1, 0.15) is 5.57 Å². The molecule has 144 valence electrons. The number of hydrogen-bond donors (Lipinski definition) is 1. The second kappa shape index (κ2) is 7.78. The first kappa shape index (κ1) is 18.9. The van der Waals surface area contributed by atoms with Crippen LogP contribution in [0.15, 0.2) is 48.0 Å². The minimum atomic E-state index is -0.615. The molecule has 3 rings (SSSR count). The maximum atomic E-state index is 12.7. The molecule has 9 nitrogen and oxygen atoms in total. The molecule has 1 aliphatic heterocycles. The molecule has 2 aromatic rings. The Morgan fingerprint density at radius 3 is 2.54 bits per heavy atom. The lowest BCUT2D eigenvalue weighted by Gasteiger charge is -2.14. The summed E-state index contributed by atoms with van der Waals surface area (Å²) in [6.45, 7) is 1.98. The van der Waals surface area contributed by atoms with Gasteiger partial charge >= 0.3 is 5.69 Å². The maximum absolute atomic E-state index is 12.7. The number of nitrogens with zero attached hydrogens (tertiary/aromatic N) is 2. The molecule has 28 heavy (non-hydrogen) atoms. The van der Waals surface area contributed by atoms with Gasteiger partial charge in [0.15, 0.2) is 5.75 Å². The van der Waals surface area contributed by atoms with Crippen molar-refractivity contribution in [2.75, 3.05) is 18.7 Å². The number of hydrazine groups is 1. The highest BCUT2D eigenvalue weighted by Crippen LogP contribution is 2.39. The van der Waals surface area contributed by atoms with Crippen molar-refractivity contribution in [3.05, 3.63) is 63.7 Å². The molecule has 0 saturated carbocycles. The Kier molecular flexibility index (Phi) is 5.25. The molecule has 2 amide bonds. The quantitative estimate of drug-likeness (QED) is 0.355. The smallest absolute Gasteiger partial charge is 0.315 e. The predicted molar refractivity (Wildman–Crippen MR) is 101 cm³/mol. The van der Waals surface area contributed by atoms with Crippen LogP contribution in [0.25, 0.3) is 6.08 Å². The molecule has 0 radical (unpaired) electrons. The Labute approximate surface area is 160 Å². The van der Waals surface area contributed by atoms with Gasteiger partial charge < -0.3 is 9.47 Å². The van der Waals surface area contributed by atoms with E-state index in [1.807, 2.05) is 0 Å². The van der Waals surface area contributed by atoms with Gasteiger partial charge in [-0.2, -0.15) is 0 Å². The van der Waals surface area contributed by atoms with E-state index in [1.165, 1.54) is 25.3 Å². The number of nitrogens with one attached hydrogen (secondary N) is 1. The van der Waals surface area contributed by atoms with Gasteiger partial charge in [0.2, 0.25) is 5.75 Å². The van der Waals surface area contributed by atoms with E-state index < -0.39 is 16.7 Å². The zero-order valence-electron chi connectivity index (χ0n) is 15.2. The second-order valence-corrected chi connectivity index (χ2v) is 5.74. The highest BCUT2D eigenvalue weighted by Gasteiger charge is 2.34. The first-order valence-corrected chi connectivity index (χ1v) is 8.37. The van der Waals surface area contributed by atoms with Crippen molar-refractivity contribution in [2.24, 2.45) is 0 Å². The van der Waals surface area contributed by atoms with Crippen molar-refractivity contribution < 1.29 is 24.0 Å². The summed E-state index contributed by atoms with van der Waals surface area (Å²) < 4.78 is 10.5. The number of benzene rings is 2. The van der Waals surface area contributed by atoms with Gasteiger partial charge in [0.25, 0.3) is 11.8 Å². The molecule has 1 aliphatic rings. The number of ether oxygens (including phenoxy) is 2. The number of rotatable bonds is 6. The van der Waals surface area contributed by atoms with Crippen molar-refractivity contribution in [1.29, 1.82) is 0 Å². The van der Waals surface area contributed by atoms with Crippen LogP contribution in [0.3, 0.4) is 0 Å².